The first-order valence-corrected chi connectivity index (χ1v) is 8.75. The van der Waals surface area contributed by atoms with Gasteiger partial charge in [0.25, 0.3) is 0 Å². The van der Waals surface area contributed by atoms with E-state index in [1.54, 1.807) is 24.3 Å². The van der Waals surface area contributed by atoms with E-state index in [0.717, 1.165) is 0 Å². The minimum Gasteiger partial charge on any atom is -0.469 e. The van der Waals surface area contributed by atoms with Crippen LogP contribution in [0, 0.1) is 23.7 Å². The summed E-state index contributed by atoms with van der Waals surface area (Å²) in [5, 5.41) is 0. The molecule has 2 aliphatic carbocycles. The van der Waals surface area contributed by atoms with Crippen LogP contribution in [-0.2, 0) is 24.2 Å². The Morgan fingerprint density at radius 3 is 2.39 bits per heavy atom. The maximum atomic E-state index is 12.8. The molecule has 0 radical (unpaired) electrons. The fraction of sp³-hybridized carbons (Fsp3) is 0.375. The molecule has 122 valence electrons. The molecule has 4 atom stereocenters. The second kappa shape index (κ2) is 5.49. The van der Waals surface area contributed by atoms with Crippen molar-refractivity contribution in [3.63, 3.8) is 0 Å². The molecule has 6 nitrogen and oxygen atoms in total. The Balaban J connectivity index is 2.03. The number of ether oxygens (including phenoxy) is 1. The molecule has 1 amide bonds. The third kappa shape index (κ3) is 2.35. The summed E-state index contributed by atoms with van der Waals surface area (Å²) in [4.78, 5) is 24.1. The summed E-state index contributed by atoms with van der Waals surface area (Å²) in [7, 11) is -2.44. The quantitative estimate of drug-likeness (QED) is 0.823. The highest BCUT2D eigenvalue weighted by Gasteiger charge is 2.56. The Morgan fingerprint density at radius 2 is 1.83 bits per heavy atom. The van der Waals surface area contributed by atoms with Crippen LogP contribution in [0.1, 0.15) is 6.42 Å². The van der Waals surface area contributed by atoms with Crippen molar-refractivity contribution in [3.05, 3.63) is 41.3 Å². The first-order valence-electron chi connectivity index (χ1n) is 7.27. The van der Waals surface area contributed by atoms with Gasteiger partial charge in [0.15, 0.2) is 0 Å². The van der Waals surface area contributed by atoms with E-state index < -0.39 is 39.5 Å². The van der Waals surface area contributed by atoms with Crippen LogP contribution in [0.25, 0.3) is 0 Å². The van der Waals surface area contributed by atoms with Gasteiger partial charge in [-0.2, -0.15) is 0 Å². The van der Waals surface area contributed by atoms with Gasteiger partial charge in [-0.05, 0) is 24.5 Å². The van der Waals surface area contributed by atoms with Crippen LogP contribution in [0.5, 0.6) is 0 Å². The molecule has 0 spiro atoms. The van der Waals surface area contributed by atoms with Crippen LogP contribution < -0.4 is 5.73 Å². The Hall–Kier alpha value is -2.15. The number of allylic oxidation sites excluding steroid dienone is 2. The van der Waals surface area contributed by atoms with Gasteiger partial charge < -0.3 is 10.5 Å². The van der Waals surface area contributed by atoms with Crippen LogP contribution in [0.4, 0.5) is 0 Å². The molecule has 1 fully saturated rings. The SMILES string of the molecule is COC(=O)[C@@H]1[C@@H](C(N)=O)[C@H]2C[C@@H]1C=C2S(=O)(=O)c1ccccc1. The molecule has 1 saturated carbocycles. The van der Waals surface area contributed by atoms with E-state index in [2.05, 4.69) is 0 Å². The van der Waals surface area contributed by atoms with Gasteiger partial charge >= 0.3 is 5.97 Å². The van der Waals surface area contributed by atoms with Crippen molar-refractivity contribution < 1.29 is 22.7 Å². The molecular formula is C16H17NO5S. The maximum Gasteiger partial charge on any atom is 0.310 e. The highest BCUT2D eigenvalue weighted by Crippen LogP contribution is 2.54. The van der Waals surface area contributed by atoms with Gasteiger partial charge in [0.05, 0.1) is 23.8 Å². The molecule has 2 aliphatic rings. The molecule has 3 rings (SSSR count). The standard InChI is InChI=1S/C16H17NO5S/c1-22-16(19)13-9-7-11(14(13)15(17)18)12(8-9)23(20,21)10-5-3-2-4-6-10/h2-6,8-9,11,13-14H,7H2,1H3,(H2,17,18)/t9-,11+,13+,14+/m1/s1. The van der Waals surface area contributed by atoms with E-state index in [-0.39, 0.29) is 15.7 Å². The molecule has 23 heavy (non-hydrogen) atoms. The van der Waals surface area contributed by atoms with E-state index in [0.29, 0.717) is 6.42 Å². The Morgan fingerprint density at radius 1 is 1.17 bits per heavy atom. The van der Waals surface area contributed by atoms with Crippen molar-refractivity contribution in [1.29, 1.82) is 0 Å². The van der Waals surface area contributed by atoms with Gasteiger partial charge in [0.1, 0.15) is 0 Å². The lowest BCUT2D eigenvalue weighted by atomic mass is 9.82. The highest BCUT2D eigenvalue weighted by atomic mass is 32.2. The number of primary amides is 1. The molecule has 0 heterocycles. The largest absolute Gasteiger partial charge is 0.469 e. The predicted octanol–water partition coefficient (Wildman–Crippen LogP) is 0.885. The molecular weight excluding hydrogens is 318 g/mol. The first kappa shape index (κ1) is 15.7. The number of methoxy groups -OCH3 is 1. The molecule has 1 aromatic rings. The Kier molecular flexibility index (Phi) is 3.75. The zero-order valence-electron chi connectivity index (χ0n) is 12.5. The van der Waals surface area contributed by atoms with Crippen LogP contribution in [0.3, 0.4) is 0 Å². The number of carbonyl (C=O) groups is 2. The summed E-state index contributed by atoms with van der Waals surface area (Å²) < 4.78 is 30.4. The van der Waals surface area contributed by atoms with Gasteiger partial charge in [0, 0.05) is 10.8 Å². The second-order valence-electron chi connectivity index (χ2n) is 5.87. The summed E-state index contributed by atoms with van der Waals surface area (Å²) in [5.74, 6) is -3.62. The van der Waals surface area contributed by atoms with Crippen LogP contribution in [-0.4, -0.2) is 27.4 Å². The van der Waals surface area contributed by atoms with Crippen molar-refractivity contribution >= 4 is 21.7 Å². The number of hydrogen-bond acceptors (Lipinski definition) is 5. The van der Waals surface area contributed by atoms with E-state index in [4.69, 9.17) is 10.5 Å². The van der Waals surface area contributed by atoms with Crippen LogP contribution in [0.15, 0.2) is 46.2 Å². The van der Waals surface area contributed by atoms with E-state index in [1.807, 2.05) is 0 Å². The van der Waals surface area contributed by atoms with Gasteiger partial charge in [0.2, 0.25) is 15.7 Å². The smallest absolute Gasteiger partial charge is 0.310 e. The number of fused-ring (bicyclic) bond motifs is 2. The fourth-order valence-electron chi connectivity index (χ4n) is 3.76. The lowest BCUT2D eigenvalue weighted by Crippen LogP contribution is -2.39. The van der Waals surface area contributed by atoms with E-state index in [9.17, 15) is 18.0 Å². The number of carbonyl (C=O) groups excluding carboxylic acids is 2. The Labute approximate surface area is 134 Å². The lowest BCUT2D eigenvalue weighted by molar-refractivity contribution is -0.150. The number of amides is 1. The van der Waals surface area contributed by atoms with Crippen LogP contribution >= 0.6 is 0 Å². The van der Waals surface area contributed by atoms with Crippen molar-refractivity contribution in [3.8, 4) is 0 Å². The summed E-state index contributed by atoms with van der Waals surface area (Å²) in [6.07, 6.45) is 2.02. The molecule has 2 bridgehead atoms. The molecule has 0 unspecified atom stereocenters. The maximum absolute atomic E-state index is 12.8. The van der Waals surface area contributed by atoms with Gasteiger partial charge in [-0.15, -0.1) is 0 Å². The topological polar surface area (TPSA) is 104 Å². The number of hydrogen-bond donors (Lipinski definition) is 1. The van der Waals surface area contributed by atoms with Crippen LogP contribution in [0.2, 0.25) is 0 Å². The summed E-state index contributed by atoms with van der Waals surface area (Å²) >= 11 is 0. The average Bonchev–Trinajstić information content (AvgIpc) is 3.13. The van der Waals surface area contributed by atoms with Gasteiger partial charge in [-0.25, -0.2) is 8.42 Å². The zero-order valence-corrected chi connectivity index (χ0v) is 13.3. The molecule has 0 aliphatic heterocycles. The van der Waals surface area contributed by atoms with Gasteiger partial charge in [-0.1, -0.05) is 24.3 Å². The second-order valence-corrected chi connectivity index (χ2v) is 7.82. The van der Waals surface area contributed by atoms with Crippen molar-refractivity contribution in [2.24, 2.45) is 29.4 Å². The number of sulfone groups is 1. The van der Waals surface area contributed by atoms with Crippen molar-refractivity contribution in [1.82, 2.24) is 0 Å². The number of benzene rings is 1. The van der Waals surface area contributed by atoms with Crippen molar-refractivity contribution in [2.45, 2.75) is 11.3 Å². The monoisotopic (exact) mass is 335 g/mol. The number of rotatable bonds is 4. The summed E-state index contributed by atoms with van der Waals surface area (Å²) in [5.41, 5.74) is 5.44. The number of esters is 1. The third-order valence-electron chi connectivity index (χ3n) is 4.72. The minimum atomic E-state index is -3.69. The van der Waals surface area contributed by atoms with Gasteiger partial charge in [-0.3, -0.25) is 9.59 Å². The first-order chi connectivity index (χ1) is 10.9. The molecule has 7 heteroatoms. The van der Waals surface area contributed by atoms with E-state index >= 15 is 0 Å². The zero-order chi connectivity index (χ0) is 16.8. The molecule has 0 aromatic heterocycles. The van der Waals surface area contributed by atoms with E-state index in [1.165, 1.54) is 19.2 Å². The molecule has 2 N–H and O–H groups in total. The Bertz CT molecular complexity index is 784. The molecule has 0 saturated heterocycles. The van der Waals surface area contributed by atoms with Crippen molar-refractivity contribution in [2.75, 3.05) is 7.11 Å². The lowest BCUT2D eigenvalue weighted by Gasteiger charge is -2.26. The highest BCUT2D eigenvalue weighted by molar-refractivity contribution is 7.95. The fourth-order valence-corrected chi connectivity index (χ4v) is 5.54. The average molecular weight is 335 g/mol. The normalized spacial score (nSPS) is 29.2. The summed E-state index contributed by atoms with van der Waals surface area (Å²) in [6, 6.07) is 8.04. The molecule has 1 aromatic carbocycles. The minimum absolute atomic E-state index is 0.177. The third-order valence-corrected chi connectivity index (χ3v) is 6.67. The number of nitrogens with two attached hydrogens (primary N) is 1. The summed E-state index contributed by atoms with van der Waals surface area (Å²) in [6.45, 7) is 0. The predicted molar refractivity (Wildman–Crippen MR) is 81.5 cm³/mol.